The van der Waals surface area contributed by atoms with Crippen molar-refractivity contribution >= 4 is 0 Å². The molecule has 37 heavy (non-hydrogen) atoms. The number of ether oxygens (including phenoxy) is 3. The predicted molar refractivity (Wildman–Crippen MR) is 125 cm³/mol. The molecule has 3 rings (SSSR count). The topological polar surface area (TPSA) is 270 Å². The van der Waals surface area contributed by atoms with Gasteiger partial charge in [-0.25, -0.2) is 0 Å². The van der Waals surface area contributed by atoms with Crippen molar-refractivity contribution in [1.29, 1.82) is 0 Å². The van der Waals surface area contributed by atoms with E-state index in [0.717, 1.165) is 0 Å². The summed E-state index contributed by atoms with van der Waals surface area (Å²) in [6.07, 6.45) is -14.8. The van der Waals surface area contributed by atoms with Gasteiger partial charge in [0.1, 0.15) is 73.2 Å². The molecule has 0 aromatic carbocycles. The zero-order chi connectivity index (χ0) is 27.9. The van der Waals surface area contributed by atoms with Crippen LogP contribution >= 0.6 is 0 Å². The van der Waals surface area contributed by atoms with Crippen molar-refractivity contribution in [3.8, 4) is 0 Å². The average molecular weight is 551 g/mol. The molecule has 15 atom stereocenters. The molecule has 12 N–H and O–H groups in total. The first-order chi connectivity index (χ1) is 16.7. The molecular weight excluding hydrogens is 504 g/mol. The van der Waals surface area contributed by atoms with E-state index in [1.165, 1.54) is 0 Å². The van der Waals surface area contributed by atoms with Crippen LogP contribution in [0.2, 0.25) is 0 Å². The van der Waals surface area contributed by atoms with Gasteiger partial charge >= 0.3 is 0 Å². The van der Waals surface area contributed by atoms with Gasteiger partial charge in [-0.1, -0.05) is 7.43 Å². The maximum Gasteiger partial charge on any atom is 0.111 e. The maximum atomic E-state index is 9.23. The van der Waals surface area contributed by atoms with E-state index >= 15 is 0 Å². The number of hydrogen-bond acceptors (Lipinski definition) is 15. The van der Waals surface area contributed by atoms with Gasteiger partial charge < -0.3 is 75.5 Å². The second kappa shape index (κ2) is 16.5. The van der Waals surface area contributed by atoms with Crippen LogP contribution in [-0.2, 0) is 14.2 Å². The van der Waals surface area contributed by atoms with Crippen molar-refractivity contribution in [2.24, 2.45) is 0 Å². The van der Waals surface area contributed by atoms with Crippen LogP contribution in [0.3, 0.4) is 0 Å². The van der Waals surface area contributed by atoms with E-state index in [1.807, 2.05) is 0 Å². The Morgan fingerprint density at radius 3 is 0.730 bits per heavy atom. The lowest BCUT2D eigenvalue weighted by Crippen LogP contribution is -2.57. The molecule has 3 aliphatic rings. The zero-order valence-corrected chi connectivity index (χ0v) is 20.4. The third-order valence-electron chi connectivity index (χ3n) is 6.39. The largest absolute Gasteiger partial charge is 0.394 e. The van der Waals surface area contributed by atoms with Crippen LogP contribution in [0.15, 0.2) is 0 Å². The molecule has 0 spiro atoms. The number of aliphatic hydroxyl groups is 12. The van der Waals surface area contributed by atoms with Gasteiger partial charge in [-0.3, -0.25) is 0 Å². The van der Waals surface area contributed by atoms with Crippen LogP contribution in [0.4, 0.5) is 0 Å². The Bertz CT molecular complexity index is 520. The molecule has 0 bridgehead atoms. The van der Waals surface area contributed by atoms with E-state index in [1.54, 1.807) is 20.8 Å². The lowest BCUT2D eigenvalue weighted by Gasteiger charge is -2.38. The first kappa shape index (κ1) is 36.4. The van der Waals surface area contributed by atoms with Crippen LogP contribution in [0, 0.1) is 0 Å². The predicted octanol–water partition coefficient (Wildman–Crippen LogP) is -5.82. The molecule has 0 radical (unpaired) electrons. The Labute approximate surface area is 215 Å². The fourth-order valence-corrected chi connectivity index (χ4v) is 3.86. The van der Waals surface area contributed by atoms with E-state index in [-0.39, 0.29) is 27.2 Å². The highest BCUT2D eigenvalue weighted by Crippen LogP contribution is 2.22. The first-order valence-electron chi connectivity index (χ1n) is 11.6. The number of rotatable bonds is 3. The summed E-state index contributed by atoms with van der Waals surface area (Å²) in [5.74, 6) is 0. The minimum absolute atomic E-state index is 0. The normalized spacial score (nSPS) is 47.9. The second-order valence-electron chi connectivity index (χ2n) is 9.10. The highest BCUT2D eigenvalue weighted by molar-refractivity contribution is 4.91. The molecule has 3 heterocycles. The Hall–Kier alpha value is -0.600. The molecule has 3 saturated heterocycles. The first-order valence-corrected chi connectivity index (χ1v) is 11.6. The average Bonchev–Trinajstić information content (AvgIpc) is 2.87. The van der Waals surface area contributed by atoms with Gasteiger partial charge in [-0.05, 0) is 20.8 Å². The van der Waals surface area contributed by atoms with Gasteiger partial charge in [0.15, 0.2) is 0 Å². The highest BCUT2D eigenvalue weighted by atomic mass is 16.6. The number of aliphatic hydroxyl groups excluding tert-OH is 12. The van der Waals surface area contributed by atoms with Crippen LogP contribution in [0.25, 0.3) is 0 Å². The molecule has 0 aromatic heterocycles. The van der Waals surface area contributed by atoms with Gasteiger partial charge in [0, 0.05) is 0 Å². The standard InChI is InChI=1S/3C7H14O5.CH4/c3*1-3-5(9)7(11)6(10)4(2-8)12-3;/h3*3-11H,2H2,1H3;1H4/t3?,4-,5+,6+,7-;3?,4-,5+,6-,7-;3?,4-,5-,6-,7-;/m111./s1. The van der Waals surface area contributed by atoms with Gasteiger partial charge in [0.25, 0.3) is 0 Å². The third kappa shape index (κ3) is 9.23. The monoisotopic (exact) mass is 550 g/mol. The van der Waals surface area contributed by atoms with Gasteiger partial charge in [0.05, 0.1) is 38.1 Å². The molecule has 0 amide bonds. The fraction of sp³-hybridized carbons (Fsp3) is 1.00. The zero-order valence-electron chi connectivity index (χ0n) is 20.4. The second-order valence-corrected chi connectivity index (χ2v) is 9.10. The summed E-state index contributed by atoms with van der Waals surface area (Å²) >= 11 is 0. The Morgan fingerprint density at radius 1 is 0.378 bits per heavy atom. The summed E-state index contributed by atoms with van der Waals surface area (Å²) in [6, 6.07) is 0. The quantitative estimate of drug-likeness (QED) is 0.156. The van der Waals surface area contributed by atoms with Gasteiger partial charge in [0.2, 0.25) is 0 Å². The maximum absolute atomic E-state index is 9.23. The summed E-state index contributed by atoms with van der Waals surface area (Å²) in [5, 5.41) is 109. The van der Waals surface area contributed by atoms with Crippen molar-refractivity contribution < 1.29 is 75.5 Å². The highest BCUT2D eigenvalue weighted by Gasteiger charge is 2.43. The molecule has 15 nitrogen and oxygen atoms in total. The molecular formula is C22H46O15. The van der Waals surface area contributed by atoms with Crippen molar-refractivity contribution in [3.63, 3.8) is 0 Å². The SMILES string of the molecule is C.CC1O[C@H](CO)[C@@H](O)[C@H](O)[C@@H]1O.CC1O[C@H](CO)[C@@H](O)[C@H](O)[C@H]1O.CC1O[C@H](CO)[C@H](O)[C@H](O)[C@H]1O. The Morgan fingerprint density at radius 2 is 0.568 bits per heavy atom. The van der Waals surface area contributed by atoms with E-state index in [4.69, 9.17) is 29.5 Å². The smallest absolute Gasteiger partial charge is 0.111 e. The Balaban J connectivity index is 0.000000518. The Kier molecular flexibility index (Phi) is 16.2. The molecule has 3 fully saturated rings. The summed E-state index contributed by atoms with van der Waals surface area (Å²) in [7, 11) is 0. The molecule has 0 saturated carbocycles. The van der Waals surface area contributed by atoms with Crippen LogP contribution in [0.1, 0.15) is 28.2 Å². The van der Waals surface area contributed by atoms with Crippen LogP contribution in [-0.4, -0.2) is 173 Å². The molecule has 0 aromatic rings. The lowest BCUT2D eigenvalue weighted by molar-refractivity contribution is -0.224. The minimum atomic E-state index is -1.24. The van der Waals surface area contributed by atoms with Gasteiger partial charge in [-0.15, -0.1) is 0 Å². The van der Waals surface area contributed by atoms with E-state index < -0.39 is 91.6 Å². The summed E-state index contributed by atoms with van der Waals surface area (Å²) in [5.41, 5.74) is 0. The van der Waals surface area contributed by atoms with Crippen molar-refractivity contribution in [2.45, 2.75) is 120 Å². The molecule has 0 aliphatic carbocycles. The summed E-state index contributed by atoms with van der Waals surface area (Å²) in [4.78, 5) is 0. The molecule has 3 aliphatic heterocycles. The van der Waals surface area contributed by atoms with E-state index in [0.29, 0.717) is 0 Å². The molecule has 3 unspecified atom stereocenters. The van der Waals surface area contributed by atoms with Crippen molar-refractivity contribution in [1.82, 2.24) is 0 Å². The van der Waals surface area contributed by atoms with Crippen molar-refractivity contribution in [2.75, 3.05) is 19.8 Å². The van der Waals surface area contributed by atoms with E-state index in [9.17, 15) is 46.0 Å². The van der Waals surface area contributed by atoms with Crippen molar-refractivity contribution in [3.05, 3.63) is 0 Å². The van der Waals surface area contributed by atoms with Crippen LogP contribution < -0.4 is 0 Å². The van der Waals surface area contributed by atoms with Crippen LogP contribution in [0.5, 0.6) is 0 Å². The third-order valence-corrected chi connectivity index (χ3v) is 6.39. The molecule has 15 heteroatoms. The van der Waals surface area contributed by atoms with E-state index in [2.05, 4.69) is 0 Å². The number of hydrogen-bond donors (Lipinski definition) is 12. The lowest BCUT2D eigenvalue weighted by atomic mass is 9.96. The van der Waals surface area contributed by atoms with Gasteiger partial charge in [-0.2, -0.15) is 0 Å². The fourth-order valence-electron chi connectivity index (χ4n) is 3.86. The summed E-state index contributed by atoms with van der Waals surface area (Å²) < 4.78 is 15.1. The minimum Gasteiger partial charge on any atom is -0.394 e. The summed E-state index contributed by atoms with van der Waals surface area (Å²) in [6.45, 7) is 3.62. The molecule has 224 valence electrons.